The first-order valence-electron chi connectivity index (χ1n) is 8.22. The minimum atomic E-state index is -0.522. The number of amides is 1. The average Bonchev–Trinajstić information content (AvgIpc) is 2.48. The third-order valence-corrected chi connectivity index (χ3v) is 3.69. The van der Waals surface area contributed by atoms with Crippen LogP contribution in [-0.2, 0) is 14.2 Å². The molecule has 0 spiro atoms. The number of carbonyl (C=O) groups is 1. The molecule has 1 amide bonds. The van der Waals surface area contributed by atoms with Crippen molar-refractivity contribution in [3.05, 3.63) is 23.3 Å². The molecule has 2 aliphatic rings. The minimum Gasteiger partial charge on any atom is -0.495 e. The van der Waals surface area contributed by atoms with Crippen molar-refractivity contribution in [3.8, 4) is 0 Å². The third-order valence-electron chi connectivity index (χ3n) is 3.69. The Morgan fingerprint density at radius 3 is 2.57 bits per heavy atom. The Morgan fingerprint density at radius 1 is 1.26 bits per heavy atom. The highest BCUT2D eigenvalue weighted by Gasteiger charge is 2.23. The topological polar surface area (TPSA) is 68.8 Å². The van der Waals surface area contributed by atoms with Crippen LogP contribution < -0.4 is 10.6 Å². The fourth-order valence-electron chi connectivity index (χ4n) is 2.63. The van der Waals surface area contributed by atoms with Crippen molar-refractivity contribution < 1.29 is 19.0 Å². The molecule has 0 unspecified atom stereocenters. The summed E-state index contributed by atoms with van der Waals surface area (Å²) in [5, 5.41) is 6.11. The Morgan fingerprint density at radius 2 is 1.96 bits per heavy atom. The standard InChI is InChI=1S/C17H28N2O4/c1-17(2,3)23-16(20)19-14-6-5-13(11-15(14)21-4)22-12-7-9-18-10-8-12/h11-12,18H,5-10H2,1-4H3,(H,19,20). The van der Waals surface area contributed by atoms with E-state index in [4.69, 9.17) is 14.2 Å². The van der Waals surface area contributed by atoms with Crippen molar-refractivity contribution >= 4 is 6.09 Å². The van der Waals surface area contributed by atoms with Crippen molar-refractivity contribution in [3.63, 3.8) is 0 Å². The molecule has 1 saturated heterocycles. The van der Waals surface area contributed by atoms with Gasteiger partial charge in [-0.05, 0) is 53.1 Å². The number of carbonyl (C=O) groups excluding carboxylic acids is 1. The summed E-state index contributed by atoms with van der Waals surface area (Å²) in [6.45, 7) is 7.50. The van der Waals surface area contributed by atoms with E-state index in [9.17, 15) is 4.79 Å². The molecule has 0 aromatic carbocycles. The second-order valence-electron chi connectivity index (χ2n) is 6.85. The zero-order valence-corrected chi connectivity index (χ0v) is 14.5. The molecular weight excluding hydrogens is 296 g/mol. The van der Waals surface area contributed by atoms with Gasteiger partial charge >= 0.3 is 6.09 Å². The van der Waals surface area contributed by atoms with Crippen LogP contribution in [-0.4, -0.2) is 38.0 Å². The first kappa shape index (κ1) is 17.7. The van der Waals surface area contributed by atoms with Gasteiger partial charge in [-0.25, -0.2) is 4.79 Å². The molecule has 0 saturated carbocycles. The zero-order valence-electron chi connectivity index (χ0n) is 14.5. The fraction of sp³-hybridized carbons (Fsp3) is 0.706. The monoisotopic (exact) mass is 324 g/mol. The van der Waals surface area contributed by atoms with Crippen LogP contribution in [0.1, 0.15) is 46.5 Å². The summed E-state index contributed by atoms with van der Waals surface area (Å²) in [6, 6.07) is 0. The van der Waals surface area contributed by atoms with Crippen molar-refractivity contribution in [1.29, 1.82) is 0 Å². The molecule has 1 heterocycles. The lowest BCUT2D eigenvalue weighted by molar-refractivity contribution is 0.0534. The molecule has 2 rings (SSSR count). The van der Waals surface area contributed by atoms with Crippen LogP contribution >= 0.6 is 0 Å². The van der Waals surface area contributed by atoms with Crippen molar-refractivity contribution in [2.45, 2.75) is 58.2 Å². The van der Waals surface area contributed by atoms with E-state index in [1.54, 1.807) is 7.11 Å². The van der Waals surface area contributed by atoms with Gasteiger partial charge in [0.05, 0.1) is 12.8 Å². The molecule has 1 fully saturated rings. The van der Waals surface area contributed by atoms with E-state index in [0.29, 0.717) is 12.2 Å². The number of methoxy groups -OCH3 is 1. The van der Waals surface area contributed by atoms with E-state index in [1.807, 2.05) is 26.8 Å². The van der Waals surface area contributed by atoms with Gasteiger partial charge in [0.1, 0.15) is 23.2 Å². The highest BCUT2D eigenvalue weighted by atomic mass is 16.6. The molecule has 130 valence electrons. The summed E-state index contributed by atoms with van der Waals surface area (Å²) in [4.78, 5) is 11.9. The van der Waals surface area contributed by atoms with Gasteiger partial charge in [-0.2, -0.15) is 0 Å². The first-order valence-corrected chi connectivity index (χ1v) is 8.22. The van der Waals surface area contributed by atoms with E-state index in [2.05, 4.69) is 10.6 Å². The number of nitrogens with one attached hydrogen (secondary N) is 2. The third kappa shape index (κ3) is 5.78. The van der Waals surface area contributed by atoms with Gasteiger partial charge in [0.25, 0.3) is 0 Å². The molecule has 1 aliphatic heterocycles. The lowest BCUT2D eigenvalue weighted by atomic mass is 10.1. The maximum absolute atomic E-state index is 11.9. The van der Waals surface area contributed by atoms with Gasteiger partial charge in [-0.3, -0.25) is 5.32 Å². The zero-order chi connectivity index (χ0) is 16.9. The first-order chi connectivity index (χ1) is 10.9. The highest BCUT2D eigenvalue weighted by molar-refractivity contribution is 5.70. The van der Waals surface area contributed by atoms with E-state index >= 15 is 0 Å². The summed E-state index contributed by atoms with van der Waals surface area (Å²) < 4.78 is 16.7. The smallest absolute Gasteiger partial charge is 0.412 e. The fourth-order valence-corrected chi connectivity index (χ4v) is 2.63. The molecule has 0 aromatic heterocycles. The molecule has 1 aliphatic carbocycles. The number of hydrogen-bond donors (Lipinski definition) is 2. The van der Waals surface area contributed by atoms with Crippen LogP contribution in [0.5, 0.6) is 0 Å². The van der Waals surface area contributed by atoms with Crippen LogP contribution in [0.25, 0.3) is 0 Å². The van der Waals surface area contributed by atoms with Crippen molar-refractivity contribution in [2.75, 3.05) is 20.2 Å². The lowest BCUT2D eigenvalue weighted by Gasteiger charge is -2.28. The summed E-state index contributed by atoms with van der Waals surface area (Å²) in [6.07, 6.45) is 5.14. The Hall–Kier alpha value is -1.69. The molecule has 6 nitrogen and oxygen atoms in total. The van der Waals surface area contributed by atoms with Gasteiger partial charge in [-0.15, -0.1) is 0 Å². The number of alkyl carbamates (subject to hydrolysis) is 1. The van der Waals surface area contributed by atoms with Gasteiger partial charge < -0.3 is 19.5 Å². The van der Waals surface area contributed by atoms with Crippen LogP contribution in [0.3, 0.4) is 0 Å². The molecule has 0 aromatic rings. The number of hydrogen-bond acceptors (Lipinski definition) is 5. The van der Waals surface area contributed by atoms with Crippen LogP contribution in [0.2, 0.25) is 0 Å². The van der Waals surface area contributed by atoms with Crippen LogP contribution in [0.4, 0.5) is 4.79 Å². The van der Waals surface area contributed by atoms with Gasteiger partial charge in [0, 0.05) is 12.5 Å². The minimum absolute atomic E-state index is 0.265. The molecule has 0 bridgehead atoms. The van der Waals surface area contributed by atoms with E-state index in [0.717, 1.165) is 43.8 Å². The van der Waals surface area contributed by atoms with Gasteiger partial charge in [0.15, 0.2) is 0 Å². The predicted molar refractivity (Wildman–Crippen MR) is 87.7 cm³/mol. The Bertz CT molecular complexity index is 485. The van der Waals surface area contributed by atoms with Gasteiger partial charge in [0.2, 0.25) is 0 Å². The highest BCUT2D eigenvalue weighted by Crippen LogP contribution is 2.26. The summed E-state index contributed by atoms with van der Waals surface area (Å²) >= 11 is 0. The molecule has 0 radical (unpaired) electrons. The van der Waals surface area contributed by atoms with Gasteiger partial charge in [-0.1, -0.05) is 0 Å². The second kappa shape index (κ2) is 7.73. The molecule has 23 heavy (non-hydrogen) atoms. The van der Waals surface area contributed by atoms with Crippen molar-refractivity contribution in [2.24, 2.45) is 0 Å². The Balaban J connectivity index is 1.98. The largest absolute Gasteiger partial charge is 0.495 e. The summed E-state index contributed by atoms with van der Waals surface area (Å²) in [7, 11) is 1.59. The predicted octanol–water partition coefficient (Wildman–Crippen LogP) is 2.82. The number of allylic oxidation sites excluding steroid dienone is 3. The second-order valence-corrected chi connectivity index (χ2v) is 6.85. The lowest BCUT2D eigenvalue weighted by Crippen LogP contribution is -2.34. The van der Waals surface area contributed by atoms with E-state index in [1.165, 1.54) is 0 Å². The maximum Gasteiger partial charge on any atom is 0.412 e. The quantitative estimate of drug-likeness (QED) is 0.832. The van der Waals surface area contributed by atoms with Crippen molar-refractivity contribution in [1.82, 2.24) is 10.6 Å². The van der Waals surface area contributed by atoms with Crippen LogP contribution in [0.15, 0.2) is 23.3 Å². The van der Waals surface area contributed by atoms with E-state index in [-0.39, 0.29) is 6.10 Å². The average molecular weight is 324 g/mol. The maximum atomic E-state index is 11.9. The van der Waals surface area contributed by atoms with E-state index < -0.39 is 11.7 Å². The number of ether oxygens (including phenoxy) is 3. The summed E-state index contributed by atoms with van der Waals surface area (Å²) in [5.74, 6) is 1.55. The molecule has 0 atom stereocenters. The Labute approximate surface area is 138 Å². The summed E-state index contributed by atoms with van der Waals surface area (Å²) in [5.41, 5.74) is 0.213. The molecule has 2 N–H and O–H groups in total. The number of piperidine rings is 1. The SMILES string of the molecule is COC1=C(NC(=O)OC(C)(C)C)CCC(OC2CCNCC2)=C1. The Kier molecular flexibility index (Phi) is 5.93. The normalized spacial score (nSPS) is 19.9. The number of rotatable bonds is 4. The molecular formula is C17H28N2O4. The molecule has 6 heteroatoms. The van der Waals surface area contributed by atoms with Crippen LogP contribution in [0, 0.1) is 0 Å².